The lowest BCUT2D eigenvalue weighted by atomic mass is 10.0. The molecule has 0 fully saturated rings. The van der Waals surface area contributed by atoms with Crippen LogP contribution in [0.4, 0.5) is 0 Å². The van der Waals surface area contributed by atoms with E-state index in [-0.39, 0.29) is 12.4 Å². The zero-order valence-electron chi connectivity index (χ0n) is 11.6. The second-order valence-corrected chi connectivity index (χ2v) is 4.72. The Balaban J connectivity index is 0.00000289. The van der Waals surface area contributed by atoms with Crippen molar-refractivity contribution < 1.29 is 9.84 Å². The lowest BCUT2D eigenvalue weighted by Gasteiger charge is -2.17. The van der Waals surface area contributed by atoms with Crippen LogP contribution < -0.4 is 10.1 Å². The molecule has 0 aromatic heterocycles. The van der Waals surface area contributed by atoms with Crippen molar-refractivity contribution in [3.8, 4) is 5.75 Å². The fourth-order valence-corrected chi connectivity index (χ4v) is 1.72. The normalized spacial score (nSPS) is 12.1. The van der Waals surface area contributed by atoms with Crippen LogP contribution >= 0.6 is 12.4 Å². The molecule has 0 spiro atoms. The van der Waals surface area contributed by atoms with Gasteiger partial charge in [0, 0.05) is 6.54 Å². The van der Waals surface area contributed by atoms with Crippen LogP contribution in [0.3, 0.4) is 0 Å². The highest BCUT2D eigenvalue weighted by Gasteiger charge is 2.10. The molecule has 4 heteroatoms. The molecule has 0 amide bonds. The van der Waals surface area contributed by atoms with Gasteiger partial charge in [0.25, 0.3) is 0 Å². The van der Waals surface area contributed by atoms with Gasteiger partial charge in [-0.05, 0) is 37.1 Å². The molecule has 0 heterocycles. The Hall–Kier alpha value is -0.770. The molecule has 1 unspecified atom stereocenters. The summed E-state index contributed by atoms with van der Waals surface area (Å²) in [6, 6.07) is 6.22. The summed E-state index contributed by atoms with van der Waals surface area (Å²) in [7, 11) is 1.81. The van der Waals surface area contributed by atoms with Crippen LogP contribution in [0.25, 0.3) is 0 Å². The lowest BCUT2D eigenvalue weighted by molar-refractivity contribution is 0.107. The van der Waals surface area contributed by atoms with Crippen LogP contribution in [0.5, 0.6) is 5.75 Å². The number of ether oxygens (including phenoxy) is 1. The van der Waals surface area contributed by atoms with Crippen LogP contribution in [0, 0.1) is 6.92 Å². The van der Waals surface area contributed by atoms with E-state index in [1.165, 1.54) is 11.1 Å². The highest BCUT2D eigenvalue weighted by atomic mass is 35.5. The smallest absolute Gasteiger partial charge is 0.123 e. The molecule has 1 atom stereocenters. The van der Waals surface area contributed by atoms with Crippen LogP contribution in [-0.4, -0.2) is 31.4 Å². The minimum absolute atomic E-state index is 0. The van der Waals surface area contributed by atoms with Crippen molar-refractivity contribution >= 4 is 12.4 Å². The highest BCUT2D eigenvalue weighted by Crippen LogP contribution is 2.27. The molecule has 1 aromatic carbocycles. The molecule has 0 aliphatic heterocycles. The molecule has 104 valence electrons. The van der Waals surface area contributed by atoms with Gasteiger partial charge < -0.3 is 15.2 Å². The Morgan fingerprint density at radius 3 is 2.56 bits per heavy atom. The number of likely N-dealkylation sites (N-methyl/N-ethyl adjacent to an activating group) is 1. The van der Waals surface area contributed by atoms with Crippen molar-refractivity contribution in [2.24, 2.45) is 0 Å². The Labute approximate surface area is 116 Å². The van der Waals surface area contributed by atoms with Crippen molar-refractivity contribution in [3.63, 3.8) is 0 Å². The number of aliphatic hydroxyl groups is 1. The summed E-state index contributed by atoms with van der Waals surface area (Å²) in [4.78, 5) is 0. The third-order valence-electron chi connectivity index (χ3n) is 2.66. The molecular weight excluding hydrogens is 250 g/mol. The fraction of sp³-hybridized carbons (Fsp3) is 0.571. The predicted molar refractivity (Wildman–Crippen MR) is 77.9 cm³/mol. The van der Waals surface area contributed by atoms with Gasteiger partial charge in [-0.3, -0.25) is 0 Å². The van der Waals surface area contributed by atoms with Crippen molar-refractivity contribution in [2.75, 3.05) is 20.2 Å². The number of rotatable bonds is 6. The molecule has 3 nitrogen and oxygen atoms in total. The van der Waals surface area contributed by atoms with Gasteiger partial charge in [-0.1, -0.05) is 26.0 Å². The van der Waals surface area contributed by atoms with Crippen molar-refractivity contribution in [3.05, 3.63) is 29.3 Å². The first-order valence-corrected chi connectivity index (χ1v) is 6.10. The number of benzene rings is 1. The molecule has 18 heavy (non-hydrogen) atoms. The number of aryl methyl sites for hydroxylation is 1. The summed E-state index contributed by atoms with van der Waals surface area (Å²) in [5, 5.41) is 12.5. The first-order chi connectivity index (χ1) is 8.04. The number of aliphatic hydroxyl groups excluding tert-OH is 1. The van der Waals surface area contributed by atoms with E-state index in [0.29, 0.717) is 19.1 Å². The quantitative estimate of drug-likeness (QED) is 0.837. The number of hydrogen-bond donors (Lipinski definition) is 2. The molecule has 2 N–H and O–H groups in total. The highest BCUT2D eigenvalue weighted by molar-refractivity contribution is 5.85. The van der Waals surface area contributed by atoms with Gasteiger partial charge in [0.15, 0.2) is 0 Å². The molecule has 0 saturated heterocycles. The summed E-state index contributed by atoms with van der Waals surface area (Å²) >= 11 is 0. The van der Waals surface area contributed by atoms with E-state index in [4.69, 9.17) is 4.74 Å². The Morgan fingerprint density at radius 2 is 2.00 bits per heavy atom. The van der Waals surface area contributed by atoms with E-state index in [2.05, 4.69) is 31.3 Å². The number of hydrogen-bond acceptors (Lipinski definition) is 3. The number of nitrogens with one attached hydrogen (secondary N) is 1. The van der Waals surface area contributed by atoms with Crippen LogP contribution in [0.2, 0.25) is 0 Å². The standard InChI is InChI=1S/C14H23NO2.ClH/c1-10(2)13-6-5-11(3)7-14(13)17-9-12(16)8-15-4;/h5-7,10,12,15-16H,8-9H2,1-4H3;1H. The Kier molecular flexibility index (Phi) is 8.00. The summed E-state index contributed by atoms with van der Waals surface area (Å²) in [5.74, 6) is 1.31. The van der Waals surface area contributed by atoms with E-state index in [9.17, 15) is 5.11 Å². The SMILES string of the molecule is CNCC(O)COc1cc(C)ccc1C(C)C.Cl. The second-order valence-electron chi connectivity index (χ2n) is 4.72. The molecular formula is C14H24ClNO2. The van der Waals surface area contributed by atoms with Crippen LogP contribution in [-0.2, 0) is 0 Å². The van der Waals surface area contributed by atoms with Gasteiger partial charge in [0.2, 0.25) is 0 Å². The van der Waals surface area contributed by atoms with Crippen molar-refractivity contribution in [1.29, 1.82) is 0 Å². The van der Waals surface area contributed by atoms with E-state index in [0.717, 1.165) is 5.75 Å². The van der Waals surface area contributed by atoms with Gasteiger partial charge in [0.05, 0.1) is 0 Å². The van der Waals surface area contributed by atoms with Crippen LogP contribution in [0.15, 0.2) is 18.2 Å². The third-order valence-corrected chi connectivity index (χ3v) is 2.66. The second kappa shape index (κ2) is 8.35. The van der Waals surface area contributed by atoms with E-state index in [1.807, 2.05) is 20.0 Å². The van der Waals surface area contributed by atoms with E-state index < -0.39 is 6.10 Å². The van der Waals surface area contributed by atoms with Gasteiger partial charge in [-0.15, -0.1) is 12.4 Å². The van der Waals surface area contributed by atoms with Crippen LogP contribution in [0.1, 0.15) is 30.9 Å². The van der Waals surface area contributed by atoms with E-state index >= 15 is 0 Å². The summed E-state index contributed by atoms with van der Waals surface area (Å²) < 4.78 is 5.70. The predicted octanol–water partition coefficient (Wildman–Crippen LogP) is 2.50. The molecule has 0 radical (unpaired) electrons. The molecule has 0 bridgehead atoms. The monoisotopic (exact) mass is 273 g/mol. The first kappa shape index (κ1) is 17.2. The topological polar surface area (TPSA) is 41.5 Å². The van der Waals surface area contributed by atoms with Crippen molar-refractivity contribution in [2.45, 2.75) is 32.8 Å². The largest absolute Gasteiger partial charge is 0.491 e. The minimum Gasteiger partial charge on any atom is -0.491 e. The summed E-state index contributed by atoms with van der Waals surface area (Å²) in [5.41, 5.74) is 2.36. The Bertz CT molecular complexity index is 356. The maximum Gasteiger partial charge on any atom is 0.123 e. The molecule has 0 aliphatic rings. The summed E-state index contributed by atoms with van der Waals surface area (Å²) in [6.07, 6.45) is -0.472. The van der Waals surface area contributed by atoms with Gasteiger partial charge in [-0.25, -0.2) is 0 Å². The lowest BCUT2D eigenvalue weighted by Crippen LogP contribution is -2.29. The van der Waals surface area contributed by atoms with Gasteiger partial charge in [0.1, 0.15) is 18.5 Å². The Morgan fingerprint density at radius 1 is 1.33 bits per heavy atom. The fourth-order valence-electron chi connectivity index (χ4n) is 1.72. The first-order valence-electron chi connectivity index (χ1n) is 6.10. The van der Waals surface area contributed by atoms with Gasteiger partial charge in [-0.2, -0.15) is 0 Å². The zero-order chi connectivity index (χ0) is 12.8. The maximum absolute atomic E-state index is 9.62. The molecule has 1 rings (SSSR count). The maximum atomic E-state index is 9.62. The molecule has 1 aromatic rings. The average Bonchev–Trinajstić information content (AvgIpc) is 2.26. The summed E-state index contributed by atoms with van der Waals surface area (Å²) in [6.45, 7) is 7.19. The van der Waals surface area contributed by atoms with Gasteiger partial charge >= 0.3 is 0 Å². The zero-order valence-corrected chi connectivity index (χ0v) is 12.4. The average molecular weight is 274 g/mol. The van der Waals surface area contributed by atoms with E-state index in [1.54, 1.807) is 0 Å². The molecule has 0 saturated carbocycles. The minimum atomic E-state index is -0.472. The third kappa shape index (κ3) is 5.25. The number of halogens is 1. The van der Waals surface area contributed by atoms with Crippen molar-refractivity contribution in [1.82, 2.24) is 5.32 Å². The molecule has 0 aliphatic carbocycles.